The maximum Gasteiger partial charge on any atom is 0.332 e. The molecule has 1 saturated heterocycles. The number of carbonyl (C=O) groups is 3. The van der Waals surface area contributed by atoms with Gasteiger partial charge in [-0.3, -0.25) is 9.59 Å². The number of hydrogen-bond donors (Lipinski definition) is 3. The van der Waals surface area contributed by atoms with Crippen LogP contribution >= 0.6 is 23.4 Å². The lowest BCUT2D eigenvalue weighted by Gasteiger charge is -2.50. The number of nitrogens with zero attached hydrogens (tertiary/aromatic N) is 1. The molecule has 2 aliphatic rings. The van der Waals surface area contributed by atoms with Crippen LogP contribution in [0.5, 0.6) is 0 Å². The molecule has 126 valence electrons. The number of amides is 2. The van der Waals surface area contributed by atoms with Crippen LogP contribution in [0.15, 0.2) is 40.8 Å². The molecule has 2 heterocycles. The third kappa shape index (κ3) is 2.77. The normalized spacial score (nSPS) is 26.8. The zero-order chi connectivity index (χ0) is 17.4. The first-order valence-electron chi connectivity index (χ1n) is 7.08. The highest BCUT2D eigenvalue weighted by molar-refractivity contribution is 8.03. The molecule has 7 nitrogen and oxygen atoms in total. The van der Waals surface area contributed by atoms with E-state index in [1.54, 1.807) is 24.3 Å². The van der Waals surface area contributed by atoms with Gasteiger partial charge in [0.05, 0.1) is 5.03 Å². The number of aliphatic carboxylic acids is 1. The molecular weight excluding hydrogens is 354 g/mol. The molecule has 4 unspecified atom stereocenters. The lowest BCUT2D eigenvalue weighted by Crippen LogP contribution is -2.74. The number of fused-ring (bicyclic) bond motifs is 1. The van der Waals surface area contributed by atoms with Crippen LogP contribution in [0.3, 0.4) is 0 Å². The second kappa shape index (κ2) is 6.46. The minimum atomic E-state index is -1.21. The van der Waals surface area contributed by atoms with Crippen molar-refractivity contribution in [3.8, 4) is 0 Å². The summed E-state index contributed by atoms with van der Waals surface area (Å²) in [5, 5.41) is 12.9. The van der Waals surface area contributed by atoms with Gasteiger partial charge in [0.15, 0.2) is 6.04 Å². The van der Waals surface area contributed by atoms with Crippen molar-refractivity contribution >= 4 is 41.1 Å². The number of carboxylic acid groups (broad SMARTS) is 1. The van der Waals surface area contributed by atoms with Crippen LogP contribution in [-0.4, -0.2) is 45.2 Å². The highest BCUT2D eigenvalue weighted by Gasteiger charge is 2.55. The number of halogens is 1. The minimum absolute atomic E-state index is 0.0721. The van der Waals surface area contributed by atoms with Crippen molar-refractivity contribution in [1.29, 1.82) is 0 Å². The molecule has 0 saturated carbocycles. The van der Waals surface area contributed by atoms with Crippen molar-refractivity contribution in [2.45, 2.75) is 23.5 Å². The molecule has 4 N–H and O–H groups in total. The van der Waals surface area contributed by atoms with Gasteiger partial charge >= 0.3 is 5.97 Å². The van der Waals surface area contributed by atoms with Crippen molar-refractivity contribution in [1.82, 2.24) is 10.2 Å². The highest BCUT2D eigenvalue weighted by Crippen LogP contribution is 2.41. The number of carbonyl (C=O) groups excluding carboxylic acids is 2. The van der Waals surface area contributed by atoms with Gasteiger partial charge in [-0.2, -0.15) is 0 Å². The van der Waals surface area contributed by atoms with E-state index < -0.39 is 41.3 Å². The smallest absolute Gasteiger partial charge is 0.332 e. The minimum Gasteiger partial charge on any atom is -0.479 e. The van der Waals surface area contributed by atoms with Crippen molar-refractivity contribution in [2.75, 3.05) is 0 Å². The topological polar surface area (TPSA) is 113 Å². The second-order valence-corrected chi connectivity index (χ2v) is 6.82. The molecular formula is C15H14ClN3O4S. The molecule has 0 bridgehead atoms. The Morgan fingerprint density at radius 2 is 2.00 bits per heavy atom. The summed E-state index contributed by atoms with van der Waals surface area (Å²) in [5.41, 5.74) is 6.53. The summed E-state index contributed by atoms with van der Waals surface area (Å²) >= 11 is 7.08. The largest absolute Gasteiger partial charge is 0.479 e. The average Bonchev–Trinajstić information content (AvgIpc) is 2.59. The highest BCUT2D eigenvalue weighted by atomic mass is 35.5. The van der Waals surface area contributed by atoms with Crippen LogP contribution in [0.4, 0.5) is 0 Å². The maximum absolute atomic E-state index is 12.3. The van der Waals surface area contributed by atoms with Crippen LogP contribution in [0, 0.1) is 0 Å². The van der Waals surface area contributed by atoms with Crippen LogP contribution in [0.25, 0.3) is 0 Å². The Labute approximate surface area is 146 Å². The van der Waals surface area contributed by atoms with Crippen LogP contribution in [0.2, 0.25) is 0 Å². The molecule has 1 aromatic rings. The van der Waals surface area contributed by atoms with E-state index in [1.165, 1.54) is 17.2 Å². The van der Waals surface area contributed by atoms with E-state index in [0.717, 1.165) is 4.90 Å². The summed E-state index contributed by atoms with van der Waals surface area (Å²) < 4.78 is 0. The number of β-lactam (4-membered cyclic amide) rings is 1. The van der Waals surface area contributed by atoms with E-state index in [0.29, 0.717) is 5.56 Å². The molecule has 24 heavy (non-hydrogen) atoms. The fourth-order valence-electron chi connectivity index (χ4n) is 2.66. The third-order valence-corrected chi connectivity index (χ3v) is 5.53. The van der Waals surface area contributed by atoms with E-state index in [1.807, 2.05) is 6.07 Å². The van der Waals surface area contributed by atoms with Gasteiger partial charge in [0.25, 0.3) is 0 Å². The summed E-state index contributed by atoms with van der Waals surface area (Å²) in [7, 11) is 0. The van der Waals surface area contributed by atoms with Crippen LogP contribution in [-0.2, 0) is 14.4 Å². The molecule has 1 fully saturated rings. The fraction of sp³-hybridized carbons (Fsp3) is 0.267. The molecule has 2 amide bonds. The average molecular weight is 368 g/mol. The molecule has 0 spiro atoms. The summed E-state index contributed by atoms with van der Waals surface area (Å²) in [6.07, 6.45) is 0. The number of benzene rings is 1. The van der Waals surface area contributed by atoms with E-state index in [9.17, 15) is 19.5 Å². The Morgan fingerprint density at radius 3 is 2.62 bits per heavy atom. The van der Waals surface area contributed by atoms with Crippen molar-refractivity contribution in [3.05, 3.63) is 46.3 Å². The van der Waals surface area contributed by atoms with Gasteiger partial charge in [-0.25, -0.2) is 4.79 Å². The summed E-state index contributed by atoms with van der Waals surface area (Å²) in [6.45, 7) is 0. The quantitative estimate of drug-likeness (QED) is 0.672. The Kier molecular flexibility index (Phi) is 4.53. The van der Waals surface area contributed by atoms with Crippen LogP contribution < -0.4 is 11.1 Å². The molecule has 4 atom stereocenters. The van der Waals surface area contributed by atoms with Crippen molar-refractivity contribution in [2.24, 2.45) is 5.73 Å². The number of hydrogen-bond acceptors (Lipinski definition) is 5. The van der Waals surface area contributed by atoms with Crippen LogP contribution in [0.1, 0.15) is 11.6 Å². The molecule has 2 aliphatic heterocycles. The SMILES string of the molecule is NC(C(=O)NC1C(=O)N2C(C(=O)O)C(Cl)=CSC12)c1ccccc1. The summed E-state index contributed by atoms with van der Waals surface area (Å²) in [6, 6.07) is 5.84. The molecule has 3 rings (SSSR count). The predicted octanol–water partition coefficient (Wildman–Crippen LogP) is 0.620. The molecule has 0 radical (unpaired) electrons. The van der Waals surface area contributed by atoms with Gasteiger partial charge in [-0.05, 0) is 11.0 Å². The fourth-order valence-corrected chi connectivity index (χ4v) is 4.11. The van der Waals surface area contributed by atoms with E-state index in [2.05, 4.69) is 5.32 Å². The Hall–Kier alpha value is -2.03. The van der Waals surface area contributed by atoms with E-state index >= 15 is 0 Å². The van der Waals surface area contributed by atoms with Gasteiger partial charge in [0, 0.05) is 0 Å². The first kappa shape index (κ1) is 16.8. The van der Waals surface area contributed by atoms with Crippen molar-refractivity contribution < 1.29 is 19.5 Å². The Morgan fingerprint density at radius 1 is 1.33 bits per heavy atom. The summed E-state index contributed by atoms with van der Waals surface area (Å²) in [5.74, 6) is -2.19. The molecule has 0 aliphatic carbocycles. The third-order valence-electron chi connectivity index (χ3n) is 3.91. The zero-order valence-corrected chi connectivity index (χ0v) is 13.8. The maximum atomic E-state index is 12.3. The van der Waals surface area contributed by atoms with Gasteiger partial charge in [-0.1, -0.05) is 41.9 Å². The zero-order valence-electron chi connectivity index (χ0n) is 12.3. The molecule has 1 aromatic carbocycles. The monoisotopic (exact) mass is 367 g/mol. The lowest BCUT2D eigenvalue weighted by molar-refractivity contribution is -0.159. The second-order valence-electron chi connectivity index (χ2n) is 5.39. The predicted molar refractivity (Wildman–Crippen MR) is 88.9 cm³/mol. The summed E-state index contributed by atoms with van der Waals surface area (Å²) in [4.78, 5) is 37.0. The first-order chi connectivity index (χ1) is 11.4. The van der Waals surface area contributed by atoms with E-state index in [4.69, 9.17) is 17.3 Å². The number of rotatable bonds is 4. The Bertz CT molecular complexity index is 727. The molecule has 0 aromatic heterocycles. The number of thioether (sulfide) groups is 1. The number of carboxylic acids is 1. The van der Waals surface area contributed by atoms with Gasteiger partial charge in [0.1, 0.15) is 17.5 Å². The first-order valence-corrected chi connectivity index (χ1v) is 8.41. The number of nitrogens with one attached hydrogen (secondary N) is 1. The number of nitrogens with two attached hydrogens (primary N) is 1. The van der Waals surface area contributed by atoms with Crippen molar-refractivity contribution in [3.63, 3.8) is 0 Å². The van der Waals surface area contributed by atoms with Gasteiger partial charge in [-0.15, -0.1) is 11.8 Å². The Balaban J connectivity index is 1.71. The van der Waals surface area contributed by atoms with Gasteiger partial charge in [0.2, 0.25) is 11.8 Å². The lowest BCUT2D eigenvalue weighted by atomic mass is 10.0. The van der Waals surface area contributed by atoms with E-state index in [-0.39, 0.29) is 5.03 Å². The van der Waals surface area contributed by atoms with Gasteiger partial charge < -0.3 is 21.1 Å². The standard InChI is InChI=1S/C15H14ClN3O4S/c16-8-6-24-14-10(13(21)19(14)11(8)15(22)23)18-12(20)9(17)7-4-2-1-3-5-7/h1-6,9-11,14H,17H2,(H,18,20)(H,22,23). The molecule has 9 heteroatoms.